The molecule has 0 spiro atoms. The Hall–Kier alpha value is -2.11. The van der Waals surface area contributed by atoms with E-state index in [1.54, 1.807) is 0 Å². The number of rotatable bonds is 4. The first kappa shape index (κ1) is 11.4. The van der Waals surface area contributed by atoms with E-state index in [1.807, 2.05) is 6.92 Å². The predicted octanol–water partition coefficient (Wildman–Crippen LogP) is 1.69. The summed E-state index contributed by atoms with van der Waals surface area (Å²) < 4.78 is 14.6. The molecule has 0 aliphatic carbocycles. The first-order chi connectivity index (χ1) is 8.11. The van der Waals surface area contributed by atoms with Crippen LogP contribution in [0.25, 0.3) is 11.0 Å². The number of halogens is 1. The van der Waals surface area contributed by atoms with Crippen molar-refractivity contribution in [2.45, 2.75) is 13.5 Å². The van der Waals surface area contributed by atoms with Crippen LogP contribution in [0.1, 0.15) is 6.92 Å². The average Bonchev–Trinajstić information content (AvgIpc) is 2.57. The summed E-state index contributed by atoms with van der Waals surface area (Å²) in [6, 6.07) is 4.12. The van der Waals surface area contributed by atoms with Crippen LogP contribution in [0, 0.1) is 5.82 Å². The number of carbonyl (C=O) groups is 1. The van der Waals surface area contributed by atoms with Crippen LogP contribution >= 0.6 is 0 Å². The van der Waals surface area contributed by atoms with Crippen LogP contribution in [0.2, 0.25) is 0 Å². The summed E-state index contributed by atoms with van der Waals surface area (Å²) in [7, 11) is 0. The number of fused-ring (bicyclic) bond motifs is 1. The van der Waals surface area contributed by atoms with E-state index in [9.17, 15) is 9.18 Å². The summed E-state index contributed by atoms with van der Waals surface area (Å²) in [6.07, 6.45) is 0. The number of hydrogen-bond donors (Lipinski definition) is 2. The zero-order chi connectivity index (χ0) is 12.4. The lowest BCUT2D eigenvalue weighted by Gasteiger charge is -2.06. The second-order valence-corrected chi connectivity index (χ2v) is 3.58. The van der Waals surface area contributed by atoms with E-state index < -0.39 is 11.8 Å². The van der Waals surface area contributed by atoms with Crippen LogP contribution in [-0.4, -0.2) is 27.2 Å². The molecule has 1 heterocycles. The molecule has 0 radical (unpaired) electrons. The molecule has 0 bridgehead atoms. The van der Waals surface area contributed by atoms with Crippen molar-refractivity contribution in [3.63, 3.8) is 0 Å². The summed E-state index contributed by atoms with van der Waals surface area (Å²) in [5.74, 6) is -0.963. The van der Waals surface area contributed by atoms with E-state index in [2.05, 4.69) is 10.3 Å². The van der Waals surface area contributed by atoms with Gasteiger partial charge in [0.15, 0.2) is 0 Å². The molecule has 2 rings (SSSR count). The highest BCUT2D eigenvalue weighted by Gasteiger charge is 2.13. The number of aromatic nitrogens is 2. The van der Waals surface area contributed by atoms with Crippen molar-refractivity contribution in [2.24, 2.45) is 0 Å². The second-order valence-electron chi connectivity index (χ2n) is 3.58. The maximum Gasteiger partial charge on any atom is 0.323 e. The molecule has 1 aromatic carbocycles. The molecule has 0 aliphatic heterocycles. The van der Waals surface area contributed by atoms with Gasteiger partial charge in [0.25, 0.3) is 0 Å². The molecular weight excluding hydrogens is 225 g/mol. The number of carboxylic acid groups (broad SMARTS) is 1. The topological polar surface area (TPSA) is 67.2 Å². The quantitative estimate of drug-likeness (QED) is 0.849. The molecule has 0 fully saturated rings. The summed E-state index contributed by atoms with van der Waals surface area (Å²) in [4.78, 5) is 15.0. The lowest BCUT2D eigenvalue weighted by Crippen LogP contribution is -2.12. The first-order valence-electron chi connectivity index (χ1n) is 5.23. The van der Waals surface area contributed by atoms with Crippen molar-refractivity contribution >= 4 is 23.0 Å². The van der Waals surface area contributed by atoms with E-state index in [1.165, 1.54) is 22.8 Å². The van der Waals surface area contributed by atoms with Crippen LogP contribution in [0.4, 0.5) is 10.3 Å². The molecule has 0 saturated heterocycles. The maximum absolute atomic E-state index is 13.1. The lowest BCUT2D eigenvalue weighted by atomic mass is 10.3. The molecule has 2 N–H and O–H groups in total. The Labute approximate surface area is 96.9 Å². The van der Waals surface area contributed by atoms with Gasteiger partial charge in [-0.1, -0.05) is 0 Å². The van der Waals surface area contributed by atoms with Gasteiger partial charge in [-0.2, -0.15) is 0 Å². The number of nitrogens with one attached hydrogen (secondary N) is 1. The lowest BCUT2D eigenvalue weighted by molar-refractivity contribution is -0.137. The smallest absolute Gasteiger partial charge is 0.323 e. The zero-order valence-electron chi connectivity index (χ0n) is 9.27. The highest BCUT2D eigenvalue weighted by molar-refractivity contribution is 5.81. The van der Waals surface area contributed by atoms with Gasteiger partial charge < -0.3 is 10.4 Å². The Bertz CT molecular complexity index is 565. The van der Waals surface area contributed by atoms with Gasteiger partial charge in [-0.05, 0) is 25.1 Å². The van der Waals surface area contributed by atoms with Crippen molar-refractivity contribution in [2.75, 3.05) is 11.9 Å². The third-order valence-corrected chi connectivity index (χ3v) is 2.34. The van der Waals surface area contributed by atoms with Crippen molar-refractivity contribution in [1.82, 2.24) is 9.55 Å². The van der Waals surface area contributed by atoms with Crippen LogP contribution in [0.5, 0.6) is 0 Å². The highest BCUT2D eigenvalue weighted by Crippen LogP contribution is 2.20. The Balaban J connectivity index is 2.59. The van der Waals surface area contributed by atoms with Crippen LogP contribution < -0.4 is 5.32 Å². The van der Waals surface area contributed by atoms with Gasteiger partial charge in [-0.3, -0.25) is 9.36 Å². The van der Waals surface area contributed by atoms with E-state index in [-0.39, 0.29) is 6.54 Å². The molecule has 6 heteroatoms. The van der Waals surface area contributed by atoms with Gasteiger partial charge in [-0.25, -0.2) is 9.37 Å². The van der Waals surface area contributed by atoms with E-state index in [0.717, 1.165) is 0 Å². The number of carboxylic acids is 1. The molecule has 0 atom stereocenters. The molecule has 1 aromatic heterocycles. The molecule has 90 valence electrons. The maximum atomic E-state index is 13.1. The number of aliphatic carboxylic acids is 1. The summed E-state index contributed by atoms with van der Waals surface area (Å²) in [5.41, 5.74) is 1.05. The van der Waals surface area contributed by atoms with Crippen LogP contribution in [-0.2, 0) is 11.3 Å². The highest BCUT2D eigenvalue weighted by atomic mass is 19.1. The normalized spacial score (nSPS) is 10.7. The fourth-order valence-electron chi connectivity index (χ4n) is 1.68. The molecule has 0 saturated carbocycles. The Morgan fingerprint density at radius 2 is 2.35 bits per heavy atom. The molecule has 0 aliphatic rings. The van der Waals surface area contributed by atoms with Crippen LogP contribution in [0.15, 0.2) is 18.2 Å². The Morgan fingerprint density at radius 1 is 1.59 bits per heavy atom. The minimum atomic E-state index is -0.993. The fraction of sp³-hybridized carbons (Fsp3) is 0.273. The monoisotopic (exact) mass is 237 g/mol. The Kier molecular flexibility index (Phi) is 2.95. The minimum absolute atomic E-state index is 0.248. The zero-order valence-corrected chi connectivity index (χ0v) is 9.27. The van der Waals surface area contributed by atoms with E-state index >= 15 is 0 Å². The van der Waals surface area contributed by atoms with Crippen molar-refractivity contribution in [3.8, 4) is 0 Å². The van der Waals surface area contributed by atoms with E-state index in [0.29, 0.717) is 23.5 Å². The van der Waals surface area contributed by atoms with Crippen molar-refractivity contribution < 1.29 is 14.3 Å². The molecule has 5 nitrogen and oxygen atoms in total. The van der Waals surface area contributed by atoms with Crippen molar-refractivity contribution in [3.05, 3.63) is 24.0 Å². The summed E-state index contributed by atoms with van der Waals surface area (Å²) in [5, 5.41) is 11.8. The predicted molar refractivity (Wildman–Crippen MR) is 61.5 cm³/mol. The largest absolute Gasteiger partial charge is 0.480 e. The first-order valence-corrected chi connectivity index (χ1v) is 5.23. The molecule has 0 amide bonds. The average molecular weight is 237 g/mol. The number of nitrogens with zero attached hydrogens (tertiary/aromatic N) is 2. The van der Waals surface area contributed by atoms with Gasteiger partial charge in [0, 0.05) is 6.54 Å². The Morgan fingerprint density at radius 3 is 3.00 bits per heavy atom. The third kappa shape index (κ3) is 2.20. The summed E-state index contributed by atoms with van der Waals surface area (Å²) >= 11 is 0. The number of hydrogen-bond acceptors (Lipinski definition) is 3. The SMILES string of the molecule is CCNc1nc2ccc(F)cc2n1CC(=O)O. The summed E-state index contributed by atoms with van der Waals surface area (Å²) in [6.45, 7) is 2.25. The third-order valence-electron chi connectivity index (χ3n) is 2.34. The minimum Gasteiger partial charge on any atom is -0.480 e. The number of imidazole rings is 1. The van der Waals surface area contributed by atoms with Gasteiger partial charge >= 0.3 is 5.97 Å². The van der Waals surface area contributed by atoms with Crippen LogP contribution in [0.3, 0.4) is 0 Å². The van der Waals surface area contributed by atoms with Gasteiger partial charge in [-0.15, -0.1) is 0 Å². The standard InChI is InChI=1S/C11H12FN3O2/c1-2-13-11-14-8-4-3-7(12)5-9(8)15(11)6-10(16)17/h3-5H,2,6H2,1H3,(H,13,14)(H,16,17). The molecular formula is C11H12FN3O2. The van der Waals surface area contributed by atoms with Crippen molar-refractivity contribution in [1.29, 1.82) is 0 Å². The van der Waals surface area contributed by atoms with Gasteiger partial charge in [0.2, 0.25) is 5.95 Å². The molecule has 17 heavy (non-hydrogen) atoms. The molecule has 0 unspecified atom stereocenters. The van der Waals surface area contributed by atoms with Gasteiger partial charge in [0.05, 0.1) is 11.0 Å². The fourth-order valence-corrected chi connectivity index (χ4v) is 1.68. The number of anilines is 1. The molecule has 2 aromatic rings. The van der Waals surface area contributed by atoms with Gasteiger partial charge in [0.1, 0.15) is 12.4 Å². The number of benzene rings is 1. The van der Waals surface area contributed by atoms with E-state index in [4.69, 9.17) is 5.11 Å². The second kappa shape index (κ2) is 4.40.